The van der Waals surface area contributed by atoms with Crippen LogP contribution in [-0.4, -0.2) is 29.6 Å². The Morgan fingerprint density at radius 3 is 2.68 bits per heavy atom. The normalized spacial score (nSPS) is 18.8. The zero-order chi connectivity index (χ0) is 15.4. The number of hydrogen-bond donors (Lipinski definition) is 0. The van der Waals surface area contributed by atoms with Gasteiger partial charge in [-0.05, 0) is 30.2 Å². The first-order chi connectivity index (χ1) is 10.7. The van der Waals surface area contributed by atoms with Crippen molar-refractivity contribution < 1.29 is 4.79 Å². The van der Waals surface area contributed by atoms with Gasteiger partial charge in [0.2, 0.25) is 0 Å². The standard InChI is InChI=1S/C18H18BrNOS/c19-16-8-4-7-15(13-16)18(21)20-10-9-17(22-12-11-20)14-5-2-1-3-6-14/h1-8,13,17H,9-12H2/t17-/m0/s1. The van der Waals surface area contributed by atoms with Gasteiger partial charge in [0.05, 0.1) is 0 Å². The molecule has 0 radical (unpaired) electrons. The molecule has 4 heteroatoms. The van der Waals surface area contributed by atoms with Crippen molar-refractivity contribution in [3.05, 3.63) is 70.2 Å². The third kappa shape index (κ3) is 3.73. The number of benzene rings is 2. The molecule has 1 aliphatic rings. The fraction of sp³-hybridized carbons (Fsp3) is 0.278. The number of nitrogens with zero attached hydrogens (tertiary/aromatic N) is 1. The minimum Gasteiger partial charge on any atom is -0.338 e. The molecule has 1 saturated heterocycles. The Morgan fingerprint density at radius 1 is 1.09 bits per heavy atom. The van der Waals surface area contributed by atoms with Crippen LogP contribution in [-0.2, 0) is 0 Å². The molecule has 1 heterocycles. The van der Waals surface area contributed by atoms with E-state index < -0.39 is 0 Å². The second-order valence-corrected chi connectivity index (χ2v) is 7.59. The van der Waals surface area contributed by atoms with Crippen LogP contribution in [0.3, 0.4) is 0 Å². The Labute approximate surface area is 144 Å². The van der Waals surface area contributed by atoms with Gasteiger partial charge in [0.25, 0.3) is 5.91 Å². The quantitative estimate of drug-likeness (QED) is 0.753. The summed E-state index contributed by atoms with van der Waals surface area (Å²) in [4.78, 5) is 14.6. The first-order valence-corrected chi connectivity index (χ1v) is 9.29. The van der Waals surface area contributed by atoms with Crippen LogP contribution in [0.1, 0.15) is 27.6 Å². The number of carbonyl (C=O) groups excluding carboxylic acids is 1. The summed E-state index contributed by atoms with van der Waals surface area (Å²) in [5.74, 6) is 1.12. The van der Waals surface area contributed by atoms with E-state index in [-0.39, 0.29) is 5.91 Å². The molecule has 0 aliphatic carbocycles. The van der Waals surface area contributed by atoms with E-state index in [1.165, 1.54) is 5.56 Å². The Bertz CT molecular complexity index is 647. The second kappa shape index (κ2) is 7.34. The van der Waals surface area contributed by atoms with Gasteiger partial charge in [-0.3, -0.25) is 4.79 Å². The van der Waals surface area contributed by atoms with Gasteiger partial charge in [0.1, 0.15) is 0 Å². The lowest BCUT2D eigenvalue weighted by Gasteiger charge is -2.20. The zero-order valence-electron chi connectivity index (χ0n) is 12.2. The van der Waals surface area contributed by atoms with Gasteiger partial charge in [0.15, 0.2) is 0 Å². The molecule has 1 atom stereocenters. The van der Waals surface area contributed by atoms with Crippen molar-refractivity contribution in [3.8, 4) is 0 Å². The topological polar surface area (TPSA) is 20.3 Å². The molecule has 114 valence electrons. The van der Waals surface area contributed by atoms with Crippen LogP contribution in [0, 0.1) is 0 Å². The fourth-order valence-corrected chi connectivity index (χ4v) is 4.34. The van der Waals surface area contributed by atoms with Crippen LogP contribution in [0.5, 0.6) is 0 Å². The van der Waals surface area contributed by atoms with Gasteiger partial charge in [0, 0.05) is 34.1 Å². The minimum absolute atomic E-state index is 0.135. The minimum atomic E-state index is 0.135. The molecule has 0 spiro atoms. The van der Waals surface area contributed by atoms with E-state index in [4.69, 9.17) is 0 Å². The van der Waals surface area contributed by atoms with Crippen LogP contribution in [0.4, 0.5) is 0 Å². The van der Waals surface area contributed by atoms with Crippen molar-refractivity contribution >= 4 is 33.6 Å². The fourth-order valence-electron chi connectivity index (χ4n) is 2.71. The predicted octanol–water partition coefficient (Wildman–Crippen LogP) is 4.77. The molecular formula is C18H18BrNOS. The highest BCUT2D eigenvalue weighted by Gasteiger charge is 2.22. The number of thioether (sulfide) groups is 1. The Balaban J connectivity index is 1.69. The maximum Gasteiger partial charge on any atom is 0.253 e. The molecule has 3 rings (SSSR count). The van der Waals surface area contributed by atoms with Gasteiger partial charge in [-0.15, -0.1) is 0 Å². The third-order valence-electron chi connectivity index (χ3n) is 3.87. The first kappa shape index (κ1) is 15.6. The molecule has 0 aromatic heterocycles. The zero-order valence-corrected chi connectivity index (χ0v) is 14.6. The van der Waals surface area contributed by atoms with Crippen LogP contribution < -0.4 is 0 Å². The molecule has 0 bridgehead atoms. The lowest BCUT2D eigenvalue weighted by molar-refractivity contribution is 0.0766. The summed E-state index contributed by atoms with van der Waals surface area (Å²) in [6, 6.07) is 18.2. The largest absolute Gasteiger partial charge is 0.338 e. The lowest BCUT2D eigenvalue weighted by atomic mass is 10.1. The Morgan fingerprint density at radius 2 is 1.91 bits per heavy atom. The maximum absolute atomic E-state index is 12.6. The van der Waals surface area contributed by atoms with Gasteiger partial charge >= 0.3 is 0 Å². The number of carbonyl (C=O) groups is 1. The SMILES string of the molecule is O=C(c1cccc(Br)c1)N1CCS[C@H](c2ccccc2)CC1. The summed E-state index contributed by atoms with van der Waals surface area (Å²) < 4.78 is 0.949. The van der Waals surface area contributed by atoms with Crippen molar-refractivity contribution in [2.24, 2.45) is 0 Å². The van der Waals surface area contributed by atoms with E-state index in [1.807, 2.05) is 47.0 Å². The summed E-state index contributed by atoms with van der Waals surface area (Å²) in [6.45, 7) is 1.64. The second-order valence-electron chi connectivity index (χ2n) is 5.36. The molecule has 2 nitrogen and oxygen atoms in total. The number of rotatable bonds is 2. The molecular weight excluding hydrogens is 358 g/mol. The van der Waals surface area contributed by atoms with Crippen molar-refractivity contribution in [3.63, 3.8) is 0 Å². The lowest BCUT2D eigenvalue weighted by Crippen LogP contribution is -2.32. The highest BCUT2D eigenvalue weighted by atomic mass is 79.9. The van der Waals surface area contributed by atoms with Gasteiger partial charge < -0.3 is 4.90 Å². The number of halogens is 1. The van der Waals surface area contributed by atoms with Crippen LogP contribution >= 0.6 is 27.7 Å². The molecule has 1 fully saturated rings. The molecule has 22 heavy (non-hydrogen) atoms. The van der Waals surface area contributed by atoms with E-state index in [0.29, 0.717) is 5.25 Å². The van der Waals surface area contributed by atoms with Gasteiger partial charge in [-0.2, -0.15) is 11.8 Å². The Hall–Kier alpha value is -1.26. The monoisotopic (exact) mass is 375 g/mol. The number of hydrogen-bond acceptors (Lipinski definition) is 2. The summed E-state index contributed by atoms with van der Waals surface area (Å²) in [5.41, 5.74) is 2.13. The van der Waals surface area contributed by atoms with Crippen LogP contribution in [0.25, 0.3) is 0 Å². The molecule has 2 aromatic rings. The van der Waals surface area contributed by atoms with E-state index in [9.17, 15) is 4.79 Å². The van der Waals surface area contributed by atoms with E-state index in [2.05, 4.69) is 40.2 Å². The number of amides is 1. The van der Waals surface area contributed by atoms with Crippen molar-refractivity contribution in [2.45, 2.75) is 11.7 Å². The smallest absolute Gasteiger partial charge is 0.253 e. The van der Waals surface area contributed by atoms with Crippen molar-refractivity contribution in [1.29, 1.82) is 0 Å². The van der Waals surface area contributed by atoms with Gasteiger partial charge in [-0.1, -0.05) is 52.3 Å². The van der Waals surface area contributed by atoms with Gasteiger partial charge in [-0.25, -0.2) is 0 Å². The molecule has 1 amide bonds. The van der Waals surface area contributed by atoms with Crippen molar-refractivity contribution in [1.82, 2.24) is 4.90 Å². The summed E-state index contributed by atoms with van der Waals surface area (Å²) in [7, 11) is 0. The molecule has 0 saturated carbocycles. The average molecular weight is 376 g/mol. The Kier molecular flexibility index (Phi) is 5.21. The van der Waals surface area contributed by atoms with Crippen LogP contribution in [0.2, 0.25) is 0 Å². The molecule has 2 aromatic carbocycles. The molecule has 0 N–H and O–H groups in total. The highest BCUT2D eigenvalue weighted by molar-refractivity contribution is 9.10. The van der Waals surface area contributed by atoms with Crippen molar-refractivity contribution in [2.75, 3.05) is 18.8 Å². The summed E-state index contributed by atoms with van der Waals surface area (Å²) >= 11 is 5.39. The highest BCUT2D eigenvalue weighted by Crippen LogP contribution is 2.34. The first-order valence-electron chi connectivity index (χ1n) is 7.45. The molecule has 1 aliphatic heterocycles. The van der Waals surface area contributed by atoms with E-state index >= 15 is 0 Å². The average Bonchev–Trinajstić information content (AvgIpc) is 2.81. The van der Waals surface area contributed by atoms with Crippen LogP contribution in [0.15, 0.2) is 59.1 Å². The molecule has 0 unspecified atom stereocenters. The summed E-state index contributed by atoms with van der Waals surface area (Å²) in [6.07, 6.45) is 1.01. The third-order valence-corrected chi connectivity index (χ3v) is 5.69. The predicted molar refractivity (Wildman–Crippen MR) is 96.3 cm³/mol. The summed E-state index contributed by atoms with van der Waals surface area (Å²) in [5, 5.41) is 0.488. The van der Waals surface area contributed by atoms with E-state index in [1.54, 1.807) is 0 Å². The maximum atomic E-state index is 12.6. The van der Waals surface area contributed by atoms with E-state index in [0.717, 1.165) is 35.3 Å².